The molecule has 0 saturated carbocycles. The van der Waals surface area contributed by atoms with E-state index in [2.05, 4.69) is 41.4 Å². The zero-order valence-electron chi connectivity index (χ0n) is 18.4. The van der Waals surface area contributed by atoms with Gasteiger partial charge in [0.15, 0.2) is 0 Å². The first kappa shape index (κ1) is 20.7. The van der Waals surface area contributed by atoms with Crippen molar-refractivity contribution < 1.29 is 9.47 Å². The molecule has 0 bridgehead atoms. The number of aromatic nitrogens is 1. The highest BCUT2D eigenvalue weighted by atomic mass is 16.5. The zero-order valence-corrected chi connectivity index (χ0v) is 18.4. The molecule has 5 heteroatoms. The van der Waals surface area contributed by atoms with Gasteiger partial charge in [-0.3, -0.25) is 15.0 Å². The molecule has 0 radical (unpaired) electrons. The van der Waals surface area contributed by atoms with E-state index in [-0.39, 0.29) is 0 Å². The minimum atomic E-state index is 0.651. The predicted octanol–water partition coefficient (Wildman–Crippen LogP) is 5.03. The van der Waals surface area contributed by atoms with Crippen LogP contribution in [-0.2, 0) is 28.7 Å². The van der Waals surface area contributed by atoms with Crippen LogP contribution < -0.4 is 0 Å². The molecule has 2 aromatic carbocycles. The fourth-order valence-corrected chi connectivity index (χ4v) is 4.26. The number of pyridine rings is 1. The molecule has 2 aliphatic heterocycles. The minimum Gasteiger partial charge on any atom is -0.382 e. The monoisotopic (exact) mass is 425 g/mol. The predicted molar refractivity (Wildman–Crippen MR) is 128 cm³/mol. The lowest BCUT2D eigenvalue weighted by atomic mass is 9.98. The van der Waals surface area contributed by atoms with Gasteiger partial charge in [0.2, 0.25) is 0 Å². The van der Waals surface area contributed by atoms with Crippen molar-refractivity contribution in [2.24, 2.45) is 9.98 Å². The number of aliphatic imine (C=N–C) groups is 2. The fourth-order valence-electron chi connectivity index (χ4n) is 4.26. The maximum atomic E-state index is 5.57. The van der Waals surface area contributed by atoms with Gasteiger partial charge < -0.3 is 9.47 Å². The van der Waals surface area contributed by atoms with Gasteiger partial charge in [-0.15, -0.1) is 0 Å². The molecule has 0 fully saturated rings. The Kier molecular flexibility index (Phi) is 6.19. The SMILES string of the molecule is COCCOCCCc1ccc2c(c1)CC(c1ccc3c(c1)CC(c1ccccn1)=N3)=N2. The molecule has 1 aromatic heterocycles. The van der Waals surface area contributed by atoms with Crippen LogP contribution in [0.25, 0.3) is 0 Å². The van der Waals surface area contributed by atoms with E-state index < -0.39 is 0 Å². The van der Waals surface area contributed by atoms with Crippen LogP contribution in [0.15, 0.2) is 70.8 Å². The van der Waals surface area contributed by atoms with Crippen molar-refractivity contribution in [3.05, 3.63) is 88.7 Å². The third-order valence-corrected chi connectivity index (χ3v) is 5.93. The van der Waals surface area contributed by atoms with Crippen molar-refractivity contribution in [2.75, 3.05) is 26.9 Å². The number of ether oxygens (including phenoxy) is 2. The maximum absolute atomic E-state index is 5.57. The van der Waals surface area contributed by atoms with Gasteiger partial charge >= 0.3 is 0 Å². The Balaban J connectivity index is 1.22. The summed E-state index contributed by atoms with van der Waals surface area (Å²) in [6.07, 6.45) is 5.54. The summed E-state index contributed by atoms with van der Waals surface area (Å²) in [6.45, 7) is 2.07. The number of aryl methyl sites for hydroxylation is 1. The van der Waals surface area contributed by atoms with Crippen LogP contribution in [-0.4, -0.2) is 43.3 Å². The first-order valence-corrected chi connectivity index (χ1v) is 11.2. The average molecular weight is 426 g/mol. The van der Waals surface area contributed by atoms with Crippen molar-refractivity contribution in [3.8, 4) is 0 Å². The highest BCUT2D eigenvalue weighted by molar-refractivity contribution is 6.09. The van der Waals surface area contributed by atoms with E-state index in [4.69, 9.17) is 19.5 Å². The maximum Gasteiger partial charge on any atom is 0.0848 e. The van der Waals surface area contributed by atoms with E-state index in [9.17, 15) is 0 Å². The Morgan fingerprint density at radius 3 is 2.47 bits per heavy atom. The van der Waals surface area contributed by atoms with Crippen molar-refractivity contribution in [1.29, 1.82) is 0 Å². The van der Waals surface area contributed by atoms with Crippen LogP contribution in [0.3, 0.4) is 0 Å². The number of rotatable bonds is 9. The molecule has 0 saturated heterocycles. The van der Waals surface area contributed by atoms with E-state index in [0.717, 1.165) is 60.8 Å². The van der Waals surface area contributed by atoms with Gasteiger partial charge in [-0.05, 0) is 65.4 Å². The number of fused-ring (bicyclic) bond motifs is 2. The molecule has 32 heavy (non-hydrogen) atoms. The molecule has 2 aliphatic rings. The molecule has 5 rings (SSSR count). The summed E-state index contributed by atoms with van der Waals surface area (Å²) < 4.78 is 10.6. The Morgan fingerprint density at radius 2 is 1.62 bits per heavy atom. The highest BCUT2D eigenvalue weighted by Crippen LogP contribution is 2.33. The Bertz CT molecular complexity index is 1170. The van der Waals surface area contributed by atoms with Gasteiger partial charge in [-0.25, -0.2) is 0 Å². The van der Waals surface area contributed by atoms with Crippen molar-refractivity contribution in [2.45, 2.75) is 25.7 Å². The first-order chi connectivity index (χ1) is 15.8. The molecule has 0 spiro atoms. The van der Waals surface area contributed by atoms with E-state index >= 15 is 0 Å². The molecule has 0 amide bonds. The molecule has 0 unspecified atom stereocenters. The third-order valence-electron chi connectivity index (χ3n) is 5.93. The fraction of sp³-hybridized carbons (Fsp3) is 0.296. The summed E-state index contributed by atoms with van der Waals surface area (Å²) in [5, 5.41) is 0. The van der Waals surface area contributed by atoms with Crippen molar-refractivity contribution in [3.63, 3.8) is 0 Å². The molecule has 0 atom stereocenters. The molecule has 162 valence electrons. The molecule has 3 aromatic rings. The first-order valence-electron chi connectivity index (χ1n) is 11.2. The highest BCUT2D eigenvalue weighted by Gasteiger charge is 2.21. The number of hydrogen-bond acceptors (Lipinski definition) is 5. The normalized spacial score (nSPS) is 14.2. The Labute approximate surface area is 188 Å². The van der Waals surface area contributed by atoms with E-state index in [1.165, 1.54) is 22.3 Å². The van der Waals surface area contributed by atoms with Crippen LogP contribution in [0.5, 0.6) is 0 Å². The summed E-state index contributed by atoms with van der Waals surface area (Å²) >= 11 is 0. The second kappa shape index (κ2) is 9.55. The smallest absolute Gasteiger partial charge is 0.0848 e. The lowest BCUT2D eigenvalue weighted by Gasteiger charge is -2.06. The van der Waals surface area contributed by atoms with Gasteiger partial charge in [0.25, 0.3) is 0 Å². The Morgan fingerprint density at radius 1 is 0.812 bits per heavy atom. The largest absolute Gasteiger partial charge is 0.382 e. The summed E-state index contributed by atoms with van der Waals surface area (Å²) in [5.41, 5.74) is 10.3. The van der Waals surface area contributed by atoms with Crippen LogP contribution in [0.1, 0.15) is 34.4 Å². The quantitative estimate of drug-likeness (QED) is 0.452. The average Bonchev–Trinajstić information content (AvgIpc) is 3.45. The van der Waals surface area contributed by atoms with Crippen LogP contribution in [0.2, 0.25) is 0 Å². The standard InChI is InChI=1S/C27H27N3O2/c1-31-13-14-32-12-4-5-19-7-9-23-21(15-19)17-26(29-23)20-8-10-24-22(16-20)18-27(30-24)25-6-2-3-11-28-25/h2-3,6-11,15-16H,4-5,12-14,17-18H2,1H3. The van der Waals surface area contributed by atoms with E-state index in [0.29, 0.717) is 13.2 Å². The van der Waals surface area contributed by atoms with Crippen molar-refractivity contribution in [1.82, 2.24) is 4.98 Å². The molecular weight excluding hydrogens is 398 g/mol. The third kappa shape index (κ3) is 4.54. The van der Waals surface area contributed by atoms with Gasteiger partial charge in [0.1, 0.15) is 0 Å². The second-order valence-corrected chi connectivity index (χ2v) is 8.20. The second-order valence-electron chi connectivity index (χ2n) is 8.20. The van der Waals surface area contributed by atoms with Gasteiger partial charge in [-0.1, -0.05) is 24.3 Å². The van der Waals surface area contributed by atoms with Gasteiger partial charge in [0, 0.05) is 32.8 Å². The lowest BCUT2D eigenvalue weighted by molar-refractivity contribution is 0.0695. The number of nitrogens with zero attached hydrogens (tertiary/aromatic N) is 3. The number of methoxy groups -OCH3 is 1. The molecule has 0 N–H and O–H groups in total. The molecule has 0 aliphatic carbocycles. The molecule has 5 nitrogen and oxygen atoms in total. The van der Waals surface area contributed by atoms with Crippen LogP contribution >= 0.6 is 0 Å². The molecule has 3 heterocycles. The number of hydrogen-bond donors (Lipinski definition) is 0. The number of benzene rings is 2. The lowest BCUT2D eigenvalue weighted by Crippen LogP contribution is -2.04. The van der Waals surface area contributed by atoms with Crippen LogP contribution in [0, 0.1) is 0 Å². The van der Waals surface area contributed by atoms with E-state index in [1.807, 2.05) is 24.4 Å². The zero-order chi connectivity index (χ0) is 21.8. The Hall–Kier alpha value is -3.15. The van der Waals surface area contributed by atoms with Gasteiger partial charge in [-0.2, -0.15) is 0 Å². The summed E-state index contributed by atoms with van der Waals surface area (Å²) in [6, 6.07) is 19.1. The summed E-state index contributed by atoms with van der Waals surface area (Å²) in [5.74, 6) is 0. The van der Waals surface area contributed by atoms with Gasteiger partial charge in [0.05, 0.1) is 41.7 Å². The molecular formula is C27H27N3O2. The van der Waals surface area contributed by atoms with Crippen LogP contribution in [0.4, 0.5) is 11.4 Å². The van der Waals surface area contributed by atoms with E-state index in [1.54, 1.807) is 7.11 Å². The summed E-state index contributed by atoms with van der Waals surface area (Å²) in [4.78, 5) is 14.2. The minimum absolute atomic E-state index is 0.651. The summed E-state index contributed by atoms with van der Waals surface area (Å²) in [7, 11) is 1.69. The topological polar surface area (TPSA) is 56.1 Å². The van der Waals surface area contributed by atoms with Crippen molar-refractivity contribution >= 4 is 22.8 Å².